The van der Waals surface area contributed by atoms with Crippen LogP contribution in [-0.2, 0) is 0 Å². The first kappa shape index (κ1) is 19.8. The molecule has 1 saturated carbocycles. The Morgan fingerprint density at radius 1 is 1.37 bits per heavy atom. The molecule has 10 heteroatoms. The average Bonchev–Trinajstić information content (AvgIpc) is 3.42. The highest BCUT2D eigenvalue weighted by Crippen LogP contribution is 2.40. The van der Waals surface area contributed by atoms with Gasteiger partial charge in [-0.3, -0.25) is 9.20 Å². The quantitative estimate of drug-likeness (QED) is 0.655. The van der Waals surface area contributed by atoms with Gasteiger partial charge in [0.2, 0.25) is 0 Å². The Balaban J connectivity index is 1.77. The fourth-order valence-electron chi connectivity index (χ4n) is 3.38. The molecule has 0 bridgehead atoms. The highest BCUT2D eigenvalue weighted by atomic mass is 19.4. The number of rotatable bonds is 4. The number of hydrogen-bond donors (Lipinski definition) is 1. The van der Waals surface area contributed by atoms with E-state index in [0.717, 1.165) is 6.07 Å². The van der Waals surface area contributed by atoms with Gasteiger partial charge >= 0.3 is 6.18 Å². The van der Waals surface area contributed by atoms with E-state index in [2.05, 4.69) is 9.97 Å². The molecule has 2 aromatic heterocycles. The minimum atomic E-state index is -4.57. The van der Waals surface area contributed by atoms with Gasteiger partial charge in [0.25, 0.3) is 5.91 Å². The lowest BCUT2D eigenvalue weighted by Crippen LogP contribution is -2.47. The summed E-state index contributed by atoms with van der Waals surface area (Å²) in [5.74, 6) is -2.35. The second-order valence-corrected chi connectivity index (χ2v) is 7.17. The van der Waals surface area contributed by atoms with Gasteiger partial charge in [-0.2, -0.15) is 18.4 Å². The second kappa shape index (κ2) is 7.09. The molecule has 1 aromatic carbocycles. The standard InChI is InChI=1S/C20H15F4N5O/c1-10-7-15(12-3-2-4-14(21)13(12)8-25)27-18-16(26-9-29(10)18)19(30)28-17(11-5-6-11)20(22,23)24/h2-4,7,9,11,17H,5-6H2,1H3,(H,28,30). The van der Waals surface area contributed by atoms with Gasteiger partial charge in [0, 0.05) is 11.3 Å². The summed E-state index contributed by atoms with van der Waals surface area (Å²) in [6.07, 6.45) is -2.49. The summed E-state index contributed by atoms with van der Waals surface area (Å²) in [5.41, 5.74) is 0.508. The smallest absolute Gasteiger partial charge is 0.339 e. The van der Waals surface area contributed by atoms with Crippen LogP contribution in [0.15, 0.2) is 30.6 Å². The van der Waals surface area contributed by atoms with Gasteiger partial charge in [-0.05, 0) is 37.8 Å². The van der Waals surface area contributed by atoms with Gasteiger partial charge in [-0.25, -0.2) is 14.4 Å². The lowest BCUT2D eigenvalue weighted by Gasteiger charge is -2.20. The minimum absolute atomic E-state index is 0.0207. The molecule has 1 atom stereocenters. The monoisotopic (exact) mass is 417 g/mol. The third-order valence-electron chi connectivity index (χ3n) is 5.04. The molecule has 1 amide bonds. The zero-order valence-electron chi connectivity index (χ0n) is 15.7. The first-order valence-corrected chi connectivity index (χ1v) is 9.12. The maximum Gasteiger partial charge on any atom is 0.408 e. The predicted molar refractivity (Wildman–Crippen MR) is 97.9 cm³/mol. The number of fused-ring (bicyclic) bond motifs is 1. The van der Waals surface area contributed by atoms with Crippen molar-refractivity contribution in [2.24, 2.45) is 5.92 Å². The zero-order valence-corrected chi connectivity index (χ0v) is 15.7. The number of alkyl halides is 3. The number of aryl methyl sites for hydroxylation is 1. The molecule has 4 rings (SSSR count). The molecule has 2 heterocycles. The predicted octanol–water partition coefficient (Wildman–Crippen LogP) is 3.79. The van der Waals surface area contributed by atoms with Crippen molar-refractivity contribution in [3.63, 3.8) is 0 Å². The van der Waals surface area contributed by atoms with Gasteiger partial charge in [0.1, 0.15) is 24.3 Å². The molecule has 1 aliphatic carbocycles. The number of carbonyl (C=O) groups is 1. The van der Waals surface area contributed by atoms with E-state index in [1.165, 1.54) is 22.9 Å². The van der Waals surface area contributed by atoms with Crippen molar-refractivity contribution < 1.29 is 22.4 Å². The summed E-state index contributed by atoms with van der Waals surface area (Å²) in [6.45, 7) is 1.68. The van der Waals surface area contributed by atoms with Crippen LogP contribution >= 0.6 is 0 Å². The number of nitrogens with one attached hydrogen (secondary N) is 1. The van der Waals surface area contributed by atoms with E-state index in [1.807, 2.05) is 5.32 Å². The fourth-order valence-corrected chi connectivity index (χ4v) is 3.38. The summed E-state index contributed by atoms with van der Waals surface area (Å²) in [4.78, 5) is 20.9. The van der Waals surface area contributed by atoms with Gasteiger partial charge in [-0.1, -0.05) is 12.1 Å². The number of nitrogens with zero attached hydrogens (tertiary/aromatic N) is 4. The molecule has 0 saturated heterocycles. The Labute approximate surface area is 168 Å². The molecule has 0 aliphatic heterocycles. The molecule has 0 spiro atoms. The first-order chi connectivity index (χ1) is 14.2. The van der Waals surface area contributed by atoms with Crippen molar-refractivity contribution in [3.05, 3.63) is 53.4 Å². The fraction of sp³-hybridized carbons (Fsp3) is 0.300. The van der Waals surface area contributed by atoms with Crippen molar-refractivity contribution in [1.82, 2.24) is 19.7 Å². The van der Waals surface area contributed by atoms with E-state index < -0.39 is 29.9 Å². The molecule has 1 aliphatic rings. The normalized spacial score (nSPS) is 15.1. The molecule has 6 nitrogen and oxygen atoms in total. The molecule has 1 fully saturated rings. The molecule has 30 heavy (non-hydrogen) atoms. The van der Waals surface area contributed by atoms with Crippen molar-refractivity contribution in [1.29, 1.82) is 5.26 Å². The Kier molecular flexibility index (Phi) is 4.68. The zero-order chi connectivity index (χ0) is 21.6. The van der Waals surface area contributed by atoms with Crippen LogP contribution in [-0.4, -0.2) is 32.5 Å². The summed E-state index contributed by atoms with van der Waals surface area (Å²) in [5, 5.41) is 11.3. The Bertz CT molecular complexity index is 1190. The van der Waals surface area contributed by atoms with E-state index in [4.69, 9.17) is 0 Å². The molecule has 1 unspecified atom stereocenters. The van der Waals surface area contributed by atoms with Crippen molar-refractivity contribution in [2.75, 3.05) is 0 Å². The number of nitriles is 1. The minimum Gasteiger partial charge on any atom is -0.339 e. The van der Waals surface area contributed by atoms with Crippen LogP contribution in [0.1, 0.15) is 34.6 Å². The van der Waals surface area contributed by atoms with Crippen LogP contribution < -0.4 is 5.32 Å². The molecule has 154 valence electrons. The van der Waals surface area contributed by atoms with E-state index in [1.54, 1.807) is 19.1 Å². The highest BCUT2D eigenvalue weighted by molar-refractivity contribution is 5.98. The number of halogens is 4. The second-order valence-electron chi connectivity index (χ2n) is 7.17. The first-order valence-electron chi connectivity index (χ1n) is 9.12. The van der Waals surface area contributed by atoms with Crippen LogP contribution in [0.5, 0.6) is 0 Å². The molecular weight excluding hydrogens is 402 g/mol. The van der Waals surface area contributed by atoms with Crippen LogP contribution in [0.4, 0.5) is 17.6 Å². The lowest BCUT2D eigenvalue weighted by atomic mass is 10.0. The maximum atomic E-state index is 14.0. The number of amides is 1. The number of carbonyl (C=O) groups excluding carboxylic acids is 1. The van der Waals surface area contributed by atoms with Crippen LogP contribution in [0.2, 0.25) is 0 Å². The Morgan fingerprint density at radius 2 is 2.10 bits per heavy atom. The third kappa shape index (κ3) is 3.47. The van der Waals surface area contributed by atoms with E-state index >= 15 is 0 Å². The Hall–Kier alpha value is -3.48. The van der Waals surface area contributed by atoms with Crippen LogP contribution in [0, 0.1) is 30.0 Å². The van der Waals surface area contributed by atoms with E-state index in [-0.39, 0.29) is 28.2 Å². The van der Waals surface area contributed by atoms with Gasteiger partial charge in [-0.15, -0.1) is 0 Å². The molecule has 1 N–H and O–H groups in total. The average molecular weight is 417 g/mol. The van der Waals surface area contributed by atoms with Crippen molar-refractivity contribution in [2.45, 2.75) is 32.0 Å². The number of aromatic nitrogens is 3. The molecule has 0 radical (unpaired) electrons. The van der Waals surface area contributed by atoms with E-state index in [9.17, 15) is 27.6 Å². The SMILES string of the molecule is Cc1cc(-c2cccc(F)c2C#N)nc2c(C(=O)NC(C3CC3)C(F)(F)F)ncn12. The summed E-state index contributed by atoms with van der Waals surface area (Å²) >= 11 is 0. The van der Waals surface area contributed by atoms with E-state index in [0.29, 0.717) is 18.5 Å². The molecular formula is C20H15F4N5O. The lowest BCUT2D eigenvalue weighted by molar-refractivity contribution is -0.158. The Morgan fingerprint density at radius 3 is 2.73 bits per heavy atom. The maximum absolute atomic E-state index is 14.0. The highest BCUT2D eigenvalue weighted by Gasteiger charge is 2.50. The van der Waals surface area contributed by atoms with Crippen molar-refractivity contribution in [3.8, 4) is 17.3 Å². The largest absolute Gasteiger partial charge is 0.408 e. The topological polar surface area (TPSA) is 83.1 Å². The summed E-state index contributed by atoms with van der Waals surface area (Å²) in [6, 6.07) is 5.47. The van der Waals surface area contributed by atoms with Crippen molar-refractivity contribution >= 4 is 11.6 Å². The number of hydrogen-bond acceptors (Lipinski definition) is 4. The summed E-state index contributed by atoms with van der Waals surface area (Å²) < 4.78 is 55.3. The number of benzene rings is 1. The number of imidazole rings is 1. The van der Waals surface area contributed by atoms with Gasteiger partial charge in [0.15, 0.2) is 11.3 Å². The van der Waals surface area contributed by atoms with Crippen LogP contribution in [0.25, 0.3) is 16.9 Å². The summed E-state index contributed by atoms with van der Waals surface area (Å²) in [7, 11) is 0. The third-order valence-corrected chi connectivity index (χ3v) is 5.04. The van der Waals surface area contributed by atoms with Gasteiger partial charge in [0.05, 0.1) is 11.3 Å². The molecule has 3 aromatic rings. The van der Waals surface area contributed by atoms with Gasteiger partial charge < -0.3 is 5.32 Å². The van der Waals surface area contributed by atoms with Crippen LogP contribution in [0.3, 0.4) is 0 Å².